The molecule has 0 saturated carbocycles. The smallest absolute Gasteiger partial charge is 0.317 e. The first-order chi connectivity index (χ1) is 14.1. The van der Waals surface area contributed by atoms with E-state index in [1.807, 2.05) is 35.2 Å². The SMILES string of the molecule is COc1ccc(CN2CCN(C(=O)NCc3ccc(OC)c(OC)c3)CC2)cc1. The number of benzene rings is 2. The van der Waals surface area contributed by atoms with Crippen molar-refractivity contribution in [3.05, 3.63) is 53.6 Å². The maximum Gasteiger partial charge on any atom is 0.317 e. The highest BCUT2D eigenvalue weighted by Gasteiger charge is 2.21. The molecule has 0 aromatic heterocycles. The summed E-state index contributed by atoms with van der Waals surface area (Å²) in [6, 6.07) is 13.7. The van der Waals surface area contributed by atoms with E-state index >= 15 is 0 Å². The molecule has 0 bridgehead atoms. The fraction of sp³-hybridized carbons (Fsp3) is 0.409. The van der Waals surface area contributed by atoms with Gasteiger partial charge in [-0.15, -0.1) is 0 Å². The van der Waals surface area contributed by atoms with Gasteiger partial charge in [-0.1, -0.05) is 18.2 Å². The Kier molecular flexibility index (Phi) is 7.19. The molecule has 1 saturated heterocycles. The summed E-state index contributed by atoms with van der Waals surface area (Å²) in [6.45, 7) is 4.48. The molecule has 0 aliphatic carbocycles. The lowest BCUT2D eigenvalue weighted by atomic mass is 10.2. The third-order valence-electron chi connectivity index (χ3n) is 5.12. The first kappa shape index (κ1) is 20.8. The van der Waals surface area contributed by atoms with Gasteiger partial charge >= 0.3 is 6.03 Å². The van der Waals surface area contributed by atoms with E-state index in [0.717, 1.165) is 30.9 Å². The Balaban J connectivity index is 1.45. The number of rotatable bonds is 7. The van der Waals surface area contributed by atoms with Gasteiger partial charge < -0.3 is 24.4 Å². The lowest BCUT2D eigenvalue weighted by molar-refractivity contribution is 0.135. The Hall–Kier alpha value is -2.93. The number of hydrogen-bond donors (Lipinski definition) is 1. The number of ether oxygens (including phenoxy) is 3. The Morgan fingerprint density at radius 2 is 1.52 bits per heavy atom. The summed E-state index contributed by atoms with van der Waals surface area (Å²) >= 11 is 0. The van der Waals surface area contributed by atoms with Gasteiger partial charge in [0.1, 0.15) is 5.75 Å². The number of urea groups is 1. The van der Waals surface area contributed by atoms with Crippen LogP contribution in [0.2, 0.25) is 0 Å². The molecule has 2 aromatic rings. The van der Waals surface area contributed by atoms with Crippen LogP contribution >= 0.6 is 0 Å². The third-order valence-corrected chi connectivity index (χ3v) is 5.12. The molecule has 2 amide bonds. The van der Waals surface area contributed by atoms with Gasteiger partial charge in [-0.3, -0.25) is 4.90 Å². The number of hydrogen-bond acceptors (Lipinski definition) is 5. The molecule has 29 heavy (non-hydrogen) atoms. The van der Waals surface area contributed by atoms with E-state index in [4.69, 9.17) is 14.2 Å². The number of carbonyl (C=O) groups is 1. The molecule has 1 aliphatic heterocycles. The zero-order valence-corrected chi connectivity index (χ0v) is 17.3. The van der Waals surface area contributed by atoms with Crippen molar-refractivity contribution in [3.63, 3.8) is 0 Å². The van der Waals surface area contributed by atoms with Crippen LogP contribution in [-0.4, -0.2) is 63.3 Å². The topological polar surface area (TPSA) is 63.3 Å². The van der Waals surface area contributed by atoms with Gasteiger partial charge in [-0.05, 0) is 35.4 Å². The maximum absolute atomic E-state index is 12.5. The minimum atomic E-state index is -0.0381. The van der Waals surface area contributed by atoms with Gasteiger partial charge in [-0.25, -0.2) is 4.79 Å². The van der Waals surface area contributed by atoms with Crippen LogP contribution in [0.25, 0.3) is 0 Å². The normalized spacial score (nSPS) is 14.4. The van der Waals surface area contributed by atoms with E-state index in [1.165, 1.54) is 5.56 Å². The predicted octanol–water partition coefficient (Wildman–Crippen LogP) is 2.74. The van der Waals surface area contributed by atoms with Crippen molar-refractivity contribution in [1.29, 1.82) is 0 Å². The highest BCUT2D eigenvalue weighted by Crippen LogP contribution is 2.27. The maximum atomic E-state index is 12.5. The molecule has 0 atom stereocenters. The lowest BCUT2D eigenvalue weighted by Gasteiger charge is -2.34. The Labute approximate surface area is 172 Å². The van der Waals surface area contributed by atoms with Crippen molar-refractivity contribution in [2.24, 2.45) is 0 Å². The van der Waals surface area contributed by atoms with Crippen LogP contribution in [0.3, 0.4) is 0 Å². The van der Waals surface area contributed by atoms with Gasteiger partial charge in [0.25, 0.3) is 0 Å². The second-order valence-corrected chi connectivity index (χ2v) is 6.96. The quantitative estimate of drug-likeness (QED) is 0.776. The number of carbonyl (C=O) groups excluding carboxylic acids is 1. The Morgan fingerprint density at radius 1 is 0.862 bits per heavy atom. The molecule has 7 nitrogen and oxygen atoms in total. The summed E-state index contributed by atoms with van der Waals surface area (Å²) in [6.07, 6.45) is 0. The summed E-state index contributed by atoms with van der Waals surface area (Å²) < 4.78 is 15.8. The first-order valence-electron chi connectivity index (χ1n) is 9.72. The summed E-state index contributed by atoms with van der Waals surface area (Å²) in [5, 5.41) is 2.99. The van der Waals surface area contributed by atoms with E-state index in [1.54, 1.807) is 21.3 Å². The minimum absolute atomic E-state index is 0.0381. The monoisotopic (exact) mass is 399 g/mol. The zero-order chi connectivity index (χ0) is 20.6. The van der Waals surface area contributed by atoms with Crippen LogP contribution in [0.5, 0.6) is 17.2 Å². The molecule has 1 fully saturated rings. The molecule has 0 unspecified atom stereocenters. The van der Waals surface area contributed by atoms with Gasteiger partial charge in [0.05, 0.1) is 21.3 Å². The van der Waals surface area contributed by atoms with Crippen LogP contribution in [0.4, 0.5) is 4.79 Å². The molecular weight excluding hydrogens is 370 g/mol. The highest BCUT2D eigenvalue weighted by atomic mass is 16.5. The average molecular weight is 399 g/mol. The molecule has 2 aromatic carbocycles. The Morgan fingerprint density at radius 3 is 2.14 bits per heavy atom. The van der Waals surface area contributed by atoms with Crippen LogP contribution in [0.1, 0.15) is 11.1 Å². The highest BCUT2D eigenvalue weighted by molar-refractivity contribution is 5.74. The van der Waals surface area contributed by atoms with Crippen molar-refractivity contribution in [3.8, 4) is 17.2 Å². The molecule has 3 rings (SSSR count). The van der Waals surface area contributed by atoms with Crippen molar-refractivity contribution in [2.75, 3.05) is 47.5 Å². The van der Waals surface area contributed by atoms with Crippen LogP contribution in [-0.2, 0) is 13.1 Å². The molecule has 1 heterocycles. The summed E-state index contributed by atoms with van der Waals surface area (Å²) in [5.74, 6) is 2.20. The number of methoxy groups -OCH3 is 3. The van der Waals surface area contributed by atoms with Crippen LogP contribution in [0, 0.1) is 0 Å². The van der Waals surface area contributed by atoms with Crippen LogP contribution < -0.4 is 19.5 Å². The second-order valence-electron chi connectivity index (χ2n) is 6.96. The summed E-state index contributed by atoms with van der Waals surface area (Å²) in [5.41, 5.74) is 2.21. The fourth-order valence-electron chi connectivity index (χ4n) is 3.38. The fourth-order valence-corrected chi connectivity index (χ4v) is 3.38. The van der Waals surface area contributed by atoms with E-state index in [-0.39, 0.29) is 6.03 Å². The number of nitrogens with zero attached hydrogens (tertiary/aromatic N) is 2. The van der Waals surface area contributed by atoms with E-state index in [9.17, 15) is 4.79 Å². The van der Waals surface area contributed by atoms with Gasteiger partial charge in [0.2, 0.25) is 0 Å². The standard InChI is InChI=1S/C22H29N3O4/c1-27-19-7-4-17(5-8-19)16-24-10-12-25(13-11-24)22(26)23-15-18-6-9-20(28-2)21(14-18)29-3/h4-9,14H,10-13,15-16H2,1-3H3,(H,23,26). The number of amides is 2. The molecule has 1 N–H and O–H groups in total. The number of nitrogens with one attached hydrogen (secondary N) is 1. The van der Waals surface area contributed by atoms with Gasteiger partial charge in [0.15, 0.2) is 11.5 Å². The molecule has 156 valence electrons. The lowest BCUT2D eigenvalue weighted by Crippen LogP contribution is -2.51. The Bertz CT molecular complexity index is 802. The van der Waals surface area contributed by atoms with Crippen molar-refractivity contribution >= 4 is 6.03 Å². The summed E-state index contributed by atoms with van der Waals surface area (Å²) in [7, 11) is 4.88. The van der Waals surface area contributed by atoms with Crippen molar-refractivity contribution in [2.45, 2.75) is 13.1 Å². The van der Waals surface area contributed by atoms with Crippen molar-refractivity contribution in [1.82, 2.24) is 15.1 Å². The molecule has 7 heteroatoms. The molecule has 1 aliphatic rings. The molecular formula is C22H29N3O4. The first-order valence-corrected chi connectivity index (χ1v) is 9.72. The second kappa shape index (κ2) is 10.0. The van der Waals surface area contributed by atoms with E-state index in [2.05, 4.69) is 22.3 Å². The van der Waals surface area contributed by atoms with E-state index < -0.39 is 0 Å². The summed E-state index contributed by atoms with van der Waals surface area (Å²) in [4.78, 5) is 16.7. The van der Waals surface area contributed by atoms with Crippen LogP contribution in [0.15, 0.2) is 42.5 Å². The van der Waals surface area contributed by atoms with Gasteiger partial charge in [0, 0.05) is 39.3 Å². The van der Waals surface area contributed by atoms with Gasteiger partial charge in [-0.2, -0.15) is 0 Å². The average Bonchev–Trinajstić information content (AvgIpc) is 2.78. The minimum Gasteiger partial charge on any atom is -0.497 e. The van der Waals surface area contributed by atoms with Crippen molar-refractivity contribution < 1.29 is 19.0 Å². The predicted molar refractivity (Wildman–Crippen MR) is 112 cm³/mol. The third kappa shape index (κ3) is 5.54. The van der Waals surface area contributed by atoms with E-state index in [0.29, 0.717) is 31.1 Å². The molecule has 0 spiro atoms. The largest absolute Gasteiger partial charge is 0.497 e. The number of piperazine rings is 1. The molecule has 0 radical (unpaired) electrons. The zero-order valence-electron chi connectivity index (χ0n) is 17.3.